The van der Waals surface area contributed by atoms with E-state index < -0.39 is 5.97 Å². The number of rotatable bonds is 3. The molecule has 0 saturated heterocycles. The number of aliphatic imine (C=N–C) groups is 1. The molecule has 1 heterocycles. The van der Waals surface area contributed by atoms with Gasteiger partial charge in [-0.2, -0.15) is 0 Å². The van der Waals surface area contributed by atoms with Crippen LogP contribution < -0.4 is 4.74 Å². The molecule has 7 heteroatoms. The molecule has 4 nitrogen and oxygen atoms in total. The molecule has 0 bridgehead atoms. The largest absolute Gasteiger partial charge is 0.495 e. The maximum atomic E-state index is 12.2. The average molecular weight is 610 g/mol. The number of halogens is 3. The molecular formula is C17H10BrI2NO3. The van der Waals surface area contributed by atoms with Crippen LogP contribution in [0.1, 0.15) is 11.1 Å². The molecule has 2 aromatic rings. The number of ether oxygens (including phenoxy) is 2. The van der Waals surface area contributed by atoms with Crippen molar-refractivity contribution in [3.05, 3.63) is 64.8 Å². The van der Waals surface area contributed by atoms with E-state index in [0.29, 0.717) is 5.75 Å². The Hall–Kier alpha value is -0.940. The zero-order chi connectivity index (χ0) is 17.3. The van der Waals surface area contributed by atoms with Crippen molar-refractivity contribution < 1.29 is 14.3 Å². The van der Waals surface area contributed by atoms with Gasteiger partial charge in [-0.05, 0) is 91.5 Å². The second-order valence-electron chi connectivity index (χ2n) is 4.83. The Kier molecular flexibility index (Phi) is 5.60. The molecule has 122 valence electrons. The molecule has 0 aliphatic carbocycles. The maximum absolute atomic E-state index is 12.2. The lowest BCUT2D eigenvalue weighted by atomic mass is 10.1. The van der Waals surface area contributed by atoms with Gasteiger partial charge in [-0.3, -0.25) is 0 Å². The molecule has 24 heavy (non-hydrogen) atoms. The van der Waals surface area contributed by atoms with Crippen LogP contribution in [0.2, 0.25) is 0 Å². The predicted molar refractivity (Wildman–Crippen MR) is 113 cm³/mol. The predicted octanol–water partition coefficient (Wildman–Crippen LogP) is 5.01. The lowest BCUT2D eigenvalue weighted by molar-refractivity contribution is -0.129. The normalized spacial score (nSPS) is 15.4. The Bertz CT molecular complexity index is 893. The van der Waals surface area contributed by atoms with Crippen LogP contribution in [0.4, 0.5) is 0 Å². The van der Waals surface area contributed by atoms with Crippen molar-refractivity contribution in [1.29, 1.82) is 0 Å². The maximum Gasteiger partial charge on any atom is 0.363 e. The van der Waals surface area contributed by atoms with E-state index >= 15 is 0 Å². The molecule has 0 atom stereocenters. The number of cyclic esters (lactones) is 1. The number of carbonyl (C=O) groups excluding carboxylic acids is 1. The van der Waals surface area contributed by atoms with Gasteiger partial charge in [0, 0.05) is 13.6 Å². The number of esters is 1. The van der Waals surface area contributed by atoms with E-state index in [9.17, 15) is 4.79 Å². The Morgan fingerprint density at radius 2 is 2.00 bits per heavy atom. The summed E-state index contributed by atoms with van der Waals surface area (Å²) in [7, 11) is 1.61. The topological polar surface area (TPSA) is 47.9 Å². The van der Waals surface area contributed by atoms with Crippen molar-refractivity contribution in [1.82, 2.24) is 0 Å². The van der Waals surface area contributed by atoms with Gasteiger partial charge >= 0.3 is 5.97 Å². The van der Waals surface area contributed by atoms with Crippen LogP contribution in [0, 0.1) is 7.14 Å². The van der Waals surface area contributed by atoms with Crippen LogP contribution in [-0.2, 0) is 9.53 Å². The van der Waals surface area contributed by atoms with E-state index in [-0.39, 0.29) is 11.6 Å². The van der Waals surface area contributed by atoms with Gasteiger partial charge in [0.05, 0.1) is 16.2 Å². The summed E-state index contributed by atoms with van der Waals surface area (Å²) >= 11 is 7.87. The van der Waals surface area contributed by atoms with Crippen LogP contribution in [0.25, 0.3) is 6.08 Å². The molecule has 0 unspecified atom stereocenters. The minimum Gasteiger partial charge on any atom is -0.495 e. The van der Waals surface area contributed by atoms with Gasteiger partial charge in [-0.1, -0.05) is 12.1 Å². The molecule has 1 aliphatic rings. The van der Waals surface area contributed by atoms with Gasteiger partial charge in [-0.25, -0.2) is 9.79 Å². The van der Waals surface area contributed by atoms with E-state index in [2.05, 4.69) is 66.1 Å². The quantitative estimate of drug-likeness (QED) is 0.279. The molecule has 3 rings (SSSR count). The highest BCUT2D eigenvalue weighted by Crippen LogP contribution is 2.31. The average Bonchev–Trinajstić information content (AvgIpc) is 2.88. The highest BCUT2D eigenvalue weighted by atomic mass is 127. The first-order valence-corrected chi connectivity index (χ1v) is 9.75. The Morgan fingerprint density at radius 1 is 1.25 bits per heavy atom. The van der Waals surface area contributed by atoms with Crippen LogP contribution in [0.5, 0.6) is 5.75 Å². The molecule has 0 fully saturated rings. The van der Waals surface area contributed by atoms with Crippen molar-refractivity contribution in [2.75, 3.05) is 7.11 Å². The van der Waals surface area contributed by atoms with Crippen LogP contribution in [0.3, 0.4) is 0 Å². The van der Waals surface area contributed by atoms with E-state index in [0.717, 1.165) is 22.7 Å². The third-order valence-corrected chi connectivity index (χ3v) is 5.37. The SMILES string of the molecule is COc1c(I)cc(I)cc1/C=C1\N=C(c2ccccc2Br)OC1=O. The number of carbonyl (C=O) groups is 1. The molecule has 0 aromatic heterocycles. The van der Waals surface area contributed by atoms with Gasteiger partial charge in [0.2, 0.25) is 5.90 Å². The van der Waals surface area contributed by atoms with Gasteiger partial charge in [0.1, 0.15) is 5.75 Å². The molecule has 0 saturated carbocycles. The molecule has 0 amide bonds. The first-order valence-electron chi connectivity index (χ1n) is 6.80. The zero-order valence-electron chi connectivity index (χ0n) is 12.3. The minimum atomic E-state index is -0.475. The lowest BCUT2D eigenvalue weighted by Crippen LogP contribution is -2.06. The summed E-state index contributed by atoms with van der Waals surface area (Å²) in [6.07, 6.45) is 1.69. The van der Waals surface area contributed by atoms with E-state index in [1.165, 1.54) is 0 Å². The summed E-state index contributed by atoms with van der Waals surface area (Å²) in [5, 5.41) is 0. The summed E-state index contributed by atoms with van der Waals surface area (Å²) in [6.45, 7) is 0. The highest BCUT2D eigenvalue weighted by Gasteiger charge is 2.26. The van der Waals surface area contributed by atoms with Gasteiger partial charge < -0.3 is 9.47 Å². The summed E-state index contributed by atoms with van der Waals surface area (Å²) in [5.74, 6) is 0.524. The fraction of sp³-hybridized carbons (Fsp3) is 0.0588. The number of nitrogens with zero attached hydrogens (tertiary/aromatic N) is 1. The molecule has 0 spiro atoms. The standard InChI is InChI=1S/C17H10BrI2NO3/c1-23-15-9(6-10(19)8-13(15)20)7-14-17(22)24-16(21-14)11-4-2-3-5-12(11)18/h2-8H,1H3/b14-7-. The van der Waals surface area contributed by atoms with Crippen molar-refractivity contribution in [3.63, 3.8) is 0 Å². The smallest absolute Gasteiger partial charge is 0.363 e. The van der Waals surface area contributed by atoms with E-state index in [4.69, 9.17) is 9.47 Å². The lowest BCUT2D eigenvalue weighted by Gasteiger charge is -2.08. The monoisotopic (exact) mass is 609 g/mol. The third kappa shape index (κ3) is 3.67. The van der Waals surface area contributed by atoms with Gasteiger partial charge in [0.25, 0.3) is 0 Å². The van der Waals surface area contributed by atoms with E-state index in [1.807, 2.05) is 36.4 Å². The number of hydrogen-bond acceptors (Lipinski definition) is 4. The highest BCUT2D eigenvalue weighted by molar-refractivity contribution is 14.1. The molecule has 2 aromatic carbocycles. The Morgan fingerprint density at radius 3 is 2.71 bits per heavy atom. The fourth-order valence-corrected chi connectivity index (χ4v) is 4.77. The first-order chi connectivity index (χ1) is 11.5. The van der Waals surface area contributed by atoms with Crippen molar-refractivity contribution in [3.8, 4) is 5.75 Å². The van der Waals surface area contributed by atoms with Crippen LogP contribution >= 0.6 is 61.1 Å². The number of hydrogen-bond donors (Lipinski definition) is 0. The van der Waals surface area contributed by atoms with Crippen molar-refractivity contribution >= 4 is 79.1 Å². The number of benzene rings is 2. The van der Waals surface area contributed by atoms with Gasteiger partial charge in [-0.15, -0.1) is 0 Å². The second kappa shape index (κ2) is 7.52. The summed E-state index contributed by atoms with van der Waals surface area (Å²) in [5.41, 5.74) is 1.77. The second-order valence-corrected chi connectivity index (χ2v) is 8.09. The van der Waals surface area contributed by atoms with Crippen LogP contribution in [-0.4, -0.2) is 19.0 Å². The molecule has 1 aliphatic heterocycles. The number of methoxy groups -OCH3 is 1. The summed E-state index contributed by atoms with van der Waals surface area (Å²) in [4.78, 5) is 16.5. The minimum absolute atomic E-state index is 0.247. The molecule has 0 radical (unpaired) electrons. The first kappa shape index (κ1) is 17.9. The van der Waals surface area contributed by atoms with Gasteiger partial charge in [0.15, 0.2) is 5.70 Å². The van der Waals surface area contributed by atoms with Crippen molar-refractivity contribution in [2.24, 2.45) is 4.99 Å². The van der Waals surface area contributed by atoms with Crippen LogP contribution in [0.15, 0.2) is 51.6 Å². The van der Waals surface area contributed by atoms with E-state index in [1.54, 1.807) is 13.2 Å². The fourth-order valence-electron chi connectivity index (χ4n) is 2.21. The summed E-state index contributed by atoms with van der Waals surface area (Å²) < 4.78 is 13.6. The molecular weight excluding hydrogens is 600 g/mol. The Labute approximate surface area is 174 Å². The molecule has 0 N–H and O–H groups in total. The van der Waals surface area contributed by atoms with Crippen molar-refractivity contribution in [2.45, 2.75) is 0 Å². The Balaban J connectivity index is 2.06. The summed E-state index contributed by atoms with van der Waals surface area (Å²) in [6, 6.07) is 11.4. The zero-order valence-corrected chi connectivity index (χ0v) is 18.2. The third-order valence-electron chi connectivity index (χ3n) is 3.26.